The van der Waals surface area contributed by atoms with Crippen molar-refractivity contribution >= 4 is 27.4 Å². The summed E-state index contributed by atoms with van der Waals surface area (Å²) in [5, 5.41) is 2.93. The number of amides is 1. The van der Waals surface area contributed by atoms with Gasteiger partial charge in [-0.2, -0.15) is 4.31 Å². The smallest absolute Gasteiger partial charge is 0.243 e. The predicted octanol–water partition coefficient (Wildman–Crippen LogP) is 3.56. The summed E-state index contributed by atoms with van der Waals surface area (Å²) in [6, 6.07) is 11.1. The van der Waals surface area contributed by atoms with E-state index in [-0.39, 0.29) is 16.6 Å². The molecule has 7 heteroatoms. The van der Waals surface area contributed by atoms with Gasteiger partial charge in [-0.25, -0.2) is 8.42 Å². The van der Waals surface area contributed by atoms with Crippen molar-refractivity contribution < 1.29 is 18.0 Å². The molecular weight excluding hydrogens is 400 g/mol. The third-order valence-corrected chi connectivity index (χ3v) is 7.91. The van der Waals surface area contributed by atoms with Crippen LogP contribution in [0.5, 0.6) is 0 Å². The lowest BCUT2D eigenvalue weighted by Gasteiger charge is -2.33. The number of fused-ring (bicyclic) bond motifs is 1. The minimum Gasteiger partial charge on any atom is -0.325 e. The number of Topliss-reactive ketones (excluding diaryl/α,β-unsaturated/α-hetero) is 1. The van der Waals surface area contributed by atoms with Crippen molar-refractivity contribution in [3.05, 3.63) is 59.2 Å². The van der Waals surface area contributed by atoms with Gasteiger partial charge in [0.15, 0.2) is 5.78 Å². The summed E-state index contributed by atoms with van der Waals surface area (Å²) in [4.78, 5) is 24.6. The number of nitrogens with one attached hydrogen (secondary N) is 1. The van der Waals surface area contributed by atoms with Crippen LogP contribution in [-0.4, -0.2) is 37.0 Å². The van der Waals surface area contributed by atoms with Crippen LogP contribution in [0.3, 0.4) is 0 Å². The van der Waals surface area contributed by atoms with Crippen LogP contribution in [0.15, 0.2) is 47.4 Å². The van der Waals surface area contributed by atoms with E-state index in [1.54, 1.807) is 0 Å². The lowest BCUT2D eigenvalue weighted by atomic mass is 10.0. The number of piperidine rings is 1. The number of sulfonamides is 1. The number of anilines is 1. The fraction of sp³-hybridized carbons (Fsp3) is 0.391. The Morgan fingerprint density at radius 1 is 0.967 bits per heavy atom. The van der Waals surface area contributed by atoms with E-state index >= 15 is 0 Å². The largest absolute Gasteiger partial charge is 0.325 e. The summed E-state index contributed by atoms with van der Waals surface area (Å²) in [5.74, 6) is -0.417. The summed E-state index contributed by atoms with van der Waals surface area (Å²) in [5.41, 5.74) is 3.75. The molecule has 1 unspecified atom stereocenters. The number of nitrogens with zero attached hydrogens (tertiary/aromatic N) is 1. The van der Waals surface area contributed by atoms with Crippen LogP contribution in [0.4, 0.5) is 5.69 Å². The van der Waals surface area contributed by atoms with Crippen LogP contribution in [0.2, 0.25) is 0 Å². The molecule has 30 heavy (non-hydrogen) atoms. The van der Waals surface area contributed by atoms with Crippen molar-refractivity contribution in [2.24, 2.45) is 0 Å². The molecule has 1 aliphatic carbocycles. The second-order valence-corrected chi connectivity index (χ2v) is 9.92. The van der Waals surface area contributed by atoms with Crippen LogP contribution in [0, 0.1) is 0 Å². The number of carbonyl (C=O) groups excluding carboxylic acids is 2. The lowest BCUT2D eigenvalue weighted by molar-refractivity contribution is -0.120. The van der Waals surface area contributed by atoms with E-state index in [4.69, 9.17) is 0 Å². The van der Waals surface area contributed by atoms with Crippen molar-refractivity contribution in [1.82, 2.24) is 4.31 Å². The van der Waals surface area contributed by atoms with E-state index in [1.165, 1.54) is 46.6 Å². The zero-order valence-electron chi connectivity index (χ0n) is 17.1. The first-order valence-corrected chi connectivity index (χ1v) is 11.9. The van der Waals surface area contributed by atoms with Gasteiger partial charge in [0.05, 0.1) is 4.90 Å². The number of ketones is 1. The number of hydrogen-bond acceptors (Lipinski definition) is 4. The second-order valence-electron chi connectivity index (χ2n) is 8.03. The van der Waals surface area contributed by atoms with Crippen LogP contribution < -0.4 is 5.32 Å². The molecule has 158 valence electrons. The second kappa shape index (κ2) is 8.32. The minimum atomic E-state index is -3.84. The molecule has 2 aromatic carbocycles. The molecule has 0 saturated carbocycles. The molecule has 4 rings (SSSR count). The molecule has 1 saturated heterocycles. The Morgan fingerprint density at radius 2 is 1.70 bits per heavy atom. The van der Waals surface area contributed by atoms with Crippen molar-refractivity contribution in [3.63, 3.8) is 0 Å². The third-order valence-electron chi connectivity index (χ3n) is 5.99. The fourth-order valence-electron chi connectivity index (χ4n) is 4.33. The minimum absolute atomic E-state index is 0.102. The molecule has 1 N–H and O–H groups in total. The average Bonchev–Trinajstić information content (AvgIpc) is 3.21. The molecule has 0 spiro atoms. The van der Waals surface area contributed by atoms with Gasteiger partial charge in [0.25, 0.3) is 0 Å². The summed E-state index contributed by atoms with van der Waals surface area (Å²) >= 11 is 0. The highest BCUT2D eigenvalue weighted by Gasteiger charge is 2.37. The summed E-state index contributed by atoms with van der Waals surface area (Å²) < 4.78 is 27.8. The van der Waals surface area contributed by atoms with Gasteiger partial charge in [0, 0.05) is 17.8 Å². The van der Waals surface area contributed by atoms with Crippen molar-refractivity contribution in [3.8, 4) is 0 Å². The topological polar surface area (TPSA) is 83.6 Å². The molecule has 0 bridgehead atoms. The highest BCUT2D eigenvalue weighted by atomic mass is 32.2. The van der Waals surface area contributed by atoms with E-state index in [2.05, 4.69) is 5.32 Å². The molecule has 1 amide bonds. The standard InChI is InChI=1S/C23H26N2O4S/c1-16(26)17-9-12-21(13-10-17)30(28,29)25-14-3-2-7-22(25)23(27)24-20-11-8-18-5-4-6-19(18)15-20/h8-13,15,22H,2-7,14H2,1H3,(H,24,27). The number of hydrogen-bond donors (Lipinski definition) is 1. The first-order valence-electron chi connectivity index (χ1n) is 10.4. The van der Waals surface area contributed by atoms with E-state index in [0.29, 0.717) is 24.9 Å². The monoisotopic (exact) mass is 426 g/mol. The molecule has 0 radical (unpaired) electrons. The molecule has 1 fully saturated rings. The van der Waals surface area contributed by atoms with Crippen LogP contribution in [0.25, 0.3) is 0 Å². The van der Waals surface area contributed by atoms with E-state index in [0.717, 1.165) is 31.4 Å². The first-order chi connectivity index (χ1) is 14.4. The van der Waals surface area contributed by atoms with Crippen LogP contribution in [0.1, 0.15) is 54.1 Å². The normalized spacial score (nSPS) is 19.3. The average molecular weight is 427 g/mol. The molecule has 2 aliphatic rings. The van der Waals surface area contributed by atoms with Crippen LogP contribution >= 0.6 is 0 Å². The molecule has 1 heterocycles. The van der Waals surface area contributed by atoms with Crippen molar-refractivity contribution in [2.45, 2.75) is 56.4 Å². The lowest BCUT2D eigenvalue weighted by Crippen LogP contribution is -2.49. The molecule has 0 aromatic heterocycles. The Kier molecular flexibility index (Phi) is 5.75. The van der Waals surface area contributed by atoms with Crippen LogP contribution in [-0.2, 0) is 27.7 Å². The van der Waals surface area contributed by atoms with E-state index in [9.17, 15) is 18.0 Å². The number of benzene rings is 2. The Hall–Kier alpha value is -2.51. The highest BCUT2D eigenvalue weighted by molar-refractivity contribution is 7.89. The van der Waals surface area contributed by atoms with Gasteiger partial charge in [-0.1, -0.05) is 24.6 Å². The maximum Gasteiger partial charge on any atom is 0.243 e. The van der Waals surface area contributed by atoms with Crippen molar-refractivity contribution in [1.29, 1.82) is 0 Å². The third kappa shape index (κ3) is 4.04. The Balaban J connectivity index is 1.55. The Morgan fingerprint density at radius 3 is 2.43 bits per heavy atom. The maximum absolute atomic E-state index is 13.3. The van der Waals surface area contributed by atoms with Gasteiger partial charge in [0.1, 0.15) is 6.04 Å². The SMILES string of the molecule is CC(=O)c1ccc(S(=O)(=O)N2CCCCC2C(=O)Nc2ccc3c(c2)CCC3)cc1. The molecular formula is C23H26N2O4S. The molecule has 1 atom stereocenters. The quantitative estimate of drug-likeness (QED) is 0.741. The van der Waals surface area contributed by atoms with Gasteiger partial charge in [-0.15, -0.1) is 0 Å². The number of carbonyl (C=O) groups is 2. The van der Waals surface area contributed by atoms with Gasteiger partial charge in [0.2, 0.25) is 15.9 Å². The Bertz CT molecular complexity index is 1080. The van der Waals surface area contributed by atoms with Gasteiger partial charge in [-0.05, 0) is 74.4 Å². The molecule has 6 nitrogen and oxygen atoms in total. The fourth-order valence-corrected chi connectivity index (χ4v) is 5.98. The number of aryl methyl sites for hydroxylation is 2. The Labute approximate surface area is 177 Å². The van der Waals surface area contributed by atoms with E-state index in [1.807, 2.05) is 18.2 Å². The van der Waals surface area contributed by atoms with Gasteiger partial charge >= 0.3 is 0 Å². The summed E-state index contributed by atoms with van der Waals surface area (Å²) in [6.07, 6.45) is 5.22. The predicted molar refractivity (Wildman–Crippen MR) is 115 cm³/mol. The van der Waals surface area contributed by atoms with Gasteiger partial charge in [-0.3, -0.25) is 9.59 Å². The maximum atomic E-state index is 13.3. The van der Waals surface area contributed by atoms with Crippen molar-refractivity contribution in [2.75, 3.05) is 11.9 Å². The molecule has 2 aromatic rings. The first kappa shape index (κ1) is 20.8. The summed E-state index contributed by atoms with van der Waals surface area (Å²) in [7, 11) is -3.84. The zero-order chi connectivity index (χ0) is 21.3. The highest BCUT2D eigenvalue weighted by Crippen LogP contribution is 2.28. The molecule has 1 aliphatic heterocycles. The van der Waals surface area contributed by atoms with E-state index < -0.39 is 16.1 Å². The number of rotatable bonds is 5. The summed E-state index contributed by atoms with van der Waals surface area (Å²) in [6.45, 7) is 1.74. The zero-order valence-corrected chi connectivity index (χ0v) is 17.9. The van der Waals surface area contributed by atoms with Gasteiger partial charge < -0.3 is 5.32 Å².